The van der Waals surface area contributed by atoms with E-state index in [1.54, 1.807) is 6.26 Å². The molecule has 1 aromatic heterocycles. The first kappa shape index (κ1) is 13.6. The van der Waals surface area contributed by atoms with Gasteiger partial charge in [0.25, 0.3) is 0 Å². The summed E-state index contributed by atoms with van der Waals surface area (Å²) < 4.78 is 11.1. The highest BCUT2D eigenvalue weighted by Gasteiger charge is 2.15. The molecular formula is C12H20ClNO2. The van der Waals surface area contributed by atoms with Gasteiger partial charge in [-0.1, -0.05) is 6.42 Å². The Bertz CT molecular complexity index is 271. The highest BCUT2D eigenvalue weighted by atomic mass is 35.5. The van der Waals surface area contributed by atoms with E-state index in [2.05, 4.69) is 5.32 Å². The number of hydrogen-bond acceptors (Lipinski definition) is 3. The summed E-state index contributed by atoms with van der Waals surface area (Å²) in [5.41, 5.74) is 0. The van der Waals surface area contributed by atoms with Crippen LogP contribution in [0.15, 0.2) is 22.8 Å². The molecule has 0 saturated carbocycles. The lowest BCUT2D eigenvalue weighted by Crippen LogP contribution is -2.37. The normalized spacial score (nSPS) is 22.4. The number of rotatable bonds is 4. The van der Waals surface area contributed by atoms with E-state index < -0.39 is 0 Å². The molecule has 2 atom stereocenters. The maximum Gasteiger partial charge on any atom is 0.132 e. The van der Waals surface area contributed by atoms with Gasteiger partial charge in [0, 0.05) is 6.04 Å². The molecule has 1 N–H and O–H groups in total. The fourth-order valence-corrected chi connectivity index (χ4v) is 1.93. The molecule has 2 heterocycles. The van der Waals surface area contributed by atoms with E-state index >= 15 is 0 Å². The van der Waals surface area contributed by atoms with Crippen LogP contribution in [-0.2, 0) is 4.74 Å². The van der Waals surface area contributed by atoms with Crippen LogP contribution in [0.2, 0.25) is 0 Å². The van der Waals surface area contributed by atoms with Gasteiger partial charge in [-0.2, -0.15) is 0 Å². The van der Waals surface area contributed by atoms with Crippen molar-refractivity contribution in [2.75, 3.05) is 13.2 Å². The SMILES string of the molecule is CC(OCC1CCCCN1)c1ccco1.Cl. The zero-order chi connectivity index (χ0) is 10.5. The van der Waals surface area contributed by atoms with Crippen LogP contribution >= 0.6 is 12.4 Å². The molecule has 0 aromatic carbocycles. The molecule has 0 aliphatic carbocycles. The molecule has 3 nitrogen and oxygen atoms in total. The van der Waals surface area contributed by atoms with Crippen LogP contribution in [0.4, 0.5) is 0 Å². The third-order valence-corrected chi connectivity index (χ3v) is 2.90. The van der Waals surface area contributed by atoms with E-state index in [9.17, 15) is 0 Å². The zero-order valence-corrected chi connectivity index (χ0v) is 10.5. The van der Waals surface area contributed by atoms with Crippen molar-refractivity contribution in [1.29, 1.82) is 0 Å². The van der Waals surface area contributed by atoms with Gasteiger partial charge in [-0.05, 0) is 38.4 Å². The maximum absolute atomic E-state index is 5.77. The molecule has 0 radical (unpaired) electrons. The molecule has 2 unspecified atom stereocenters. The minimum atomic E-state index is 0. The second kappa shape index (κ2) is 6.94. The topological polar surface area (TPSA) is 34.4 Å². The Morgan fingerprint density at radius 1 is 1.56 bits per heavy atom. The molecule has 1 aliphatic heterocycles. The van der Waals surface area contributed by atoms with E-state index in [0.717, 1.165) is 18.9 Å². The quantitative estimate of drug-likeness (QED) is 0.886. The van der Waals surface area contributed by atoms with Crippen LogP contribution in [0, 0.1) is 0 Å². The van der Waals surface area contributed by atoms with Crippen LogP contribution in [0.3, 0.4) is 0 Å². The fraction of sp³-hybridized carbons (Fsp3) is 0.667. The Hall–Kier alpha value is -0.510. The summed E-state index contributed by atoms with van der Waals surface area (Å²) in [6, 6.07) is 4.38. The number of hydrogen-bond donors (Lipinski definition) is 1. The third kappa shape index (κ3) is 3.81. The van der Waals surface area contributed by atoms with Crippen molar-refractivity contribution >= 4 is 12.4 Å². The average molecular weight is 246 g/mol. The molecule has 92 valence electrons. The number of ether oxygens (including phenoxy) is 1. The van der Waals surface area contributed by atoms with E-state index in [1.807, 2.05) is 19.1 Å². The molecule has 4 heteroatoms. The maximum atomic E-state index is 5.77. The first-order valence-corrected chi connectivity index (χ1v) is 5.74. The van der Waals surface area contributed by atoms with E-state index in [4.69, 9.17) is 9.15 Å². The van der Waals surface area contributed by atoms with E-state index in [0.29, 0.717) is 6.04 Å². The summed E-state index contributed by atoms with van der Waals surface area (Å²) in [6.07, 6.45) is 5.59. The van der Waals surface area contributed by atoms with Gasteiger partial charge in [-0.3, -0.25) is 0 Å². The van der Waals surface area contributed by atoms with Crippen LogP contribution < -0.4 is 5.32 Å². The second-order valence-corrected chi connectivity index (χ2v) is 4.14. The van der Waals surface area contributed by atoms with Gasteiger partial charge in [-0.15, -0.1) is 12.4 Å². The van der Waals surface area contributed by atoms with Crippen molar-refractivity contribution < 1.29 is 9.15 Å². The molecular weight excluding hydrogens is 226 g/mol. The van der Waals surface area contributed by atoms with Crippen molar-refractivity contribution in [2.24, 2.45) is 0 Å². The molecule has 1 fully saturated rings. The van der Waals surface area contributed by atoms with E-state index in [-0.39, 0.29) is 18.5 Å². The van der Waals surface area contributed by atoms with Crippen LogP contribution in [0.1, 0.15) is 38.1 Å². The Balaban J connectivity index is 0.00000128. The minimum Gasteiger partial charge on any atom is -0.467 e. The number of furan rings is 1. The van der Waals surface area contributed by atoms with Crippen LogP contribution in [0.5, 0.6) is 0 Å². The average Bonchev–Trinajstić information content (AvgIpc) is 2.81. The van der Waals surface area contributed by atoms with Crippen molar-refractivity contribution in [3.8, 4) is 0 Å². The molecule has 0 bridgehead atoms. The first-order valence-electron chi connectivity index (χ1n) is 5.74. The molecule has 1 aliphatic rings. The fourth-order valence-electron chi connectivity index (χ4n) is 1.93. The lowest BCUT2D eigenvalue weighted by molar-refractivity contribution is 0.0314. The van der Waals surface area contributed by atoms with Crippen molar-refractivity contribution in [3.63, 3.8) is 0 Å². The standard InChI is InChI=1S/C12H19NO2.ClH/c1-10(12-6-4-8-14-12)15-9-11-5-2-3-7-13-11;/h4,6,8,10-11,13H,2-3,5,7,9H2,1H3;1H. The Labute approximate surface area is 103 Å². The van der Waals surface area contributed by atoms with Crippen LogP contribution in [-0.4, -0.2) is 19.2 Å². The first-order chi connectivity index (χ1) is 7.36. The van der Waals surface area contributed by atoms with Crippen molar-refractivity contribution in [3.05, 3.63) is 24.2 Å². The summed E-state index contributed by atoms with van der Waals surface area (Å²) in [5.74, 6) is 0.908. The van der Waals surface area contributed by atoms with Gasteiger partial charge in [0.15, 0.2) is 0 Å². The van der Waals surface area contributed by atoms with Gasteiger partial charge < -0.3 is 14.5 Å². The number of nitrogens with one attached hydrogen (secondary N) is 1. The Morgan fingerprint density at radius 2 is 2.44 bits per heavy atom. The van der Waals surface area contributed by atoms with Gasteiger partial charge in [0.05, 0.1) is 12.9 Å². The lowest BCUT2D eigenvalue weighted by atomic mass is 10.1. The van der Waals surface area contributed by atoms with Gasteiger partial charge in [-0.25, -0.2) is 0 Å². The van der Waals surface area contributed by atoms with Crippen molar-refractivity contribution in [2.45, 2.75) is 38.3 Å². The van der Waals surface area contributed by atoms with Gasteiger partial charge in [0.1, 0.15) is 11.9 Å². The predicted octanol–water partition coefficient (Wildman–Crippen LogP) is 2.92. The summed E-state index contributed by atoms with van der Waals surface area (Å²) in [5, 5.41) is 3.46. The van der Waals surface area contributed by atoms with Crippen molar-refractivity contribution in [1.82, 2.24) is 5.32 Å². The highest BCUT2D eigenvalue weighted by Crippen LogP contribution is 2.18. The minimum absolute atomic E-state index is 0. The summed E-state index contributed by atoms with van der Waals surface area (Å²) in [4.78, 5) is 0. The molecule has 0 spiro atoms. The molecule has 0 amide bonds. The monoisotopic (exact) mass is 245 g/mol. The zero-order valence-electron chi connectivity index (χ0n) is 9.65. The lowest BCUT2D eigenvalue weighted by Gasteiger charge is -2.24. The number of halogens is 1. The molecule has 16 heavy (non-hydrogen) atoms. The molecule has 2 rings (SSSR count). The molecule has 1 aromatic rings. The third-order valence-electron chi connectivity index (χ3n) is 2.90. The number of piperidine rings is 1. The van der Waals surface area contributed by atoms with Crippen LogP contribution in [0.25, 0.3) is 0 Å². The predicted molar refractivity (Wildman–Crippen MR) is 66.0 cm³/mol. The summed E-state index contributed by atoms with van der Waals surface area (Å²) in [7, 11) is 0. The molecule has 1 saturated heterocycles. The Kier molecular flexibility index (Phi) is 5.88. The largest absolute Gasteiger partial charge is 0.467 e. The van der Waals surface area contributed by atoms with Gasteiger partial charge in [0.2, 0.25) is 0 Å². The summed E-state index contributed by atoms with van der Waals surface area (Å²) >= 11 is 0. The Morgan fingerprint density at radius 3 is 3.06 bits per heavy atom. The smallest absolute Gasteiger partial charge is 0.132 e. The summed E-state index contributed by atoms with van der Waals surface area (Å²) in [6.45, 7) is 3.94. The second-order valence-electron chi connectivity index (χ2n) is 4.14. The van der Waals surface area contributed by atoms with E-state index in [1.165, 1.54) is 19.3 Å². The highest BCUT2D eigenvalue weighted by molar-refractivity contribution is 5.85. The van der Waals surface area contributed by atoms with Gasteiger partial charge >= 0.3 is 0 Å².